The highest BCUT2D eigenvalue weighted by molar-refractivity contribution is 5.96. The van der Waals surface area contributed by atoms with Crippen molar-refractivity contribution in [1.29, 1.82) is 0 Å². The molecule has 1 amide bonds. The van der Waals surface area contributed by atoms with E-state index in [1.165, 1.54) is 0 Å². The first-order valence-electron chi connectivity index (χ1n) is 13.0. The lowest BCUT2D eigenvalue weighted by atomic mass is 9.91. The van der Waals surface area contributed by atoms with Crippen molar-refractivity contribution in [2.45, 2.75) is 51.6 Å². The number of nitrogens with zero attached hydrogens (tertiary/aromatic N) is 1. The number of ether oxygens (including phenoxy) is 2. The fraction of sp³-hybridized carbons (Fsp3) is 0.355. The molecule has 0 saturated carbocycles. The smallest absolute Gasteiger partial charge is 0.305 e. The summed E-state index contributed by atoms with van der Waals surface area (Å²) in [5.74, 6) is 0.189. The lowest BCUT2D eigenvalue weighted by Gasteiger charge is -2.19. The first-order valence-corrected chi connectivity index (χ1v) is 13.0. The summed E-state index contributed by atoms with van der Waals surface area (Å²) in [6.07, 6.45) is 3.57. The van der Waals surface area contributed by atoms with Gasteiger partial charge in [-0.1, -0.05) is 61.4 Å². The quantitative estimate of drug-likeness (QED) is 0.200. The molecule has 0 aromatic heterocycles. The van der Waals surface area contributed by atoms with E-state index in [4.69, 9.17) is 9.47 Å². The molecule has 6 heteroatoms. The molecule has 0 fully saturated rings. The van der Waals surface area contributed by atoms with Gasteiger partial charge in [0.25, 0.3) is 0 Å². The summed E-state index contributed by atoms with van der Waals surface area (Å²) in [4.78, 5) is 27.1. The largest absolute Gasteiger partial charge is 0.489 e. The molecule has 0 unspecified atom stereocenters. The molecule has 6 nitrogen and oxygen atoms in total. The Morgan fingerprint density at radius 2 is 1.65 bits per heavy atom. The average Bonchev–Trinajstić information content (AvgIpc) is 2.90. The van der Waals surface area contributed by atoms with Crippen molar-refractivity contribution in [3.05, 3.63) is 90.0 Å². The monoisotopic (exact) mass is 502 g/mol. The van der Waals surface area contributed by atoms with Crippen molar-refractivity contribution in [2.75, 3.05) is 30.9 Å². The van der Waals surface area contributed by atoms with Crippen LogP contribution >= 0.6 is 0 Å². The molecular formula is C31H38N2O4. The number of esters is 1. The van der Waals surface area contributed by atoms with Crippen LogP contribution in [0.15, 0.2) is 78.9 Å². The molecule has 3 aromatic rings. The van der Waals surface area contributed by atoms with Gasteiger partial charge in [-0.15, -0.1) is 0 Å². The van der Waals surface area contributed by atoms with Crippen molar-refractivity contribution in [2.24, 2.45) is 0 Å². The standard InChI is InChI=1S/C31H38N2O4/c1-4-36-30(34)17-10-6-9-16-29(25-18-20-27(21-19-25)33(2)3)31(35)32-26-14-11-15-28(22-26)37-23-24-12-7-5-8-13-24/h5,7-8,11-15,18-22,29H,4,6,9-10,16-17,23H2,1-3H3,(H,32,35)/t29-/m0/s1. The molecular weight excluding hydrogens is 464 g/mol. The van der Waals surface area contributed by atoms with E-state index >= 15 is 0 Å². The third-order valence-electron chi connectivity index (χ3n) is 6.16. The first-order chi connectivity index (χ1) is 18.0. The minimum absolute atomic E-state index is 0.0526. The van der Waals surface area contributed by atoms with Crippen molar-refractivity contribution in [3.8, 4) is 5.75 Å². The molecule has 1 N–H and O–H groups in total. The van der Waals surface area contributed by atoms with Crippen LogP contribution in [-0.4, -0.2) is 32.6 Å². The van der Waals surface area contributed by atoms with Gasteiger partial charge in [0.2, 0.25) is 5.91 Å². The van der Waals surface area contributed by atoms with E-state index in [9.17, 15) is 9.59 Å². The number of carbonyl (C=O) groups excluding carboxylic acids is 2. The second-order valence-corrected chi connectivity index (χ2v) is 9.23. The van der Waals surface area contributed by atoms with Crippen LogP contribution in [0.25, 0.3) is 0 Å². The summed E-state index contributed by atoms with van der Waals surface area (Å²) in [6.45, 7) is 2.68. The van der Waals surface area contributed by atoms with E-state index in [1.807, 2.05) is 105 Å². The molecule has 1 atom stereocenters. The van der Waals surface area contributed by atoms with Gasteiger partial charge in [0.1, 0.15) is 12.4 Å². The summed E-state index contributed by atoms with van der Waals surface area (Å²) < 4.78 is 10.9. The van der Waals surface area contributed by atoms with Crippen molar-refractivity contribution < 1.29 is 19.1 Å². The molecule has 3 aromatic carbocycles. The molecule has 3 rings (SSSR count). The normalized spacial score (nSPS) is 11.4. The van der Waals surface area contributed by atoms with Gasteiger partial charge in [-0.2, -0.15) is 0 Å². The maximum absolute atomic E-state index is 13.4. The maximum atomic E-state index is 13.4. The minimum Gasteiger partial charge on any atom is -0.489 e. The Hall–Kier alpha value is -3.80. The molecule has 0 spiro atoms. The highest BCUT2D eigenvalue weighted by atomic mass is 16.5. The number of hydrogen-bond acceptors (Lipinski definition) is 5. The zero-order valence-corrected chi connectivity index (χ0v) is 22.1. The Kier molecular flexibility index (Phi) is 11.0. The van der Waals surface area contributed by atoms with Gasteiger partial charge in [0.05, 0.1) is 12.5 Å². The van der Waals surface area contributed by atoms with Gasteiger partial charge in [-0.05, 0) is 55.2 Å². The van der Waals surface area contributed by atoms with E-state index < -0.39 is 0 Å². The summed E-state index contributed by atoms with van der Waals surface area (Å²) >= 11 is 0. The number of hydrogen-bond donors (Lipinski definition) is 1. The molecule has 0 aliphatic heterocycles. The minimum atomic E-state index is -0.298. The molecule has 0 radical (unpaired) electrons. The number of benzene rings is 3. The van der Waals surface area contributed by atoms with Crippen LogP contribution in [0.3, 0.4) is 0 Å². The van der Waals surface area contributed by atoms with E-state index in [-0.39, 0.29) is 17.8 Å². The average molecular weight is 503 g/mol. The first kappa shape index (κ1) is 27.8. The van der Waals surface area contributed by atoms with Gasteiger partial charge in [0.15, 0.2) is 0 Å². The molecule has 0 saturated heterocycles. The number of anilines is 2. The second kappa shape index (κ2) is 14.7. The molecule has 196 valence electrons. The van der Waals surface area contributed by atoms with Crippen molar-refractivity contribution in [3.63, 3.8) is 0 Å². The Bertz CT molecular complexity index is 1110. The van der Waals surface area contributed by atoms with Crippen molar-refractivity contribution >= 4 is 23.3 Å². The Balaban J connectivity index is 1.64. The molecule has 0 aliphatic carbocycles. The highest BCUT2D eigenvalue weighted by Gasteiger charge is 2.21. The molecule has 37 heavy (non-hydrogen) atoms. The van der Waals surface area contributed by atoms with Crippen LogP contribution < -0.4 is 15.0 Å². The summed E-state index contributed by atoms with van der Waals surface area (Å²) in [5.41, 5.74) is 3.85. The Labute approximate surface area is 220 Å². The molecule has 0 aliphatic rings. The van der Waals surface area contributed by atoms with Gasteiger partial charge in [-0.3, -0.25) is 9.59 Å². The number of carbonyl (C=O) groups is 2. The molecule has 0 bridgehead atoms. The van der Waals surface area contributed by atoms with E-state index in [0.29, 0.717) is 37.5 Å². The lowest BCUT2D eigenvalue weighted by molar-refractivity contribution is -0.143. The fourth-order valence-electron chi connectivity index (χ4n) is 4.12. The summed E-state index contributed by atoms with van der Waals surface area (Å²) in [7, 11) is 3.99. The van der Waals surface area contributed by atoms with Crippen LogP contribution in [0, 0.1) is 0 Å². The predicted molar refractivity (Wildman–Crippen MR) is 149 cm³/mol. The molecule has 0 heterocycles. The maximum Gasteiger partial charge on any atom is 0.305 e. The predicted octanol–water partition coefficient (Wildman–Crippen LogP) is 6.57. The number of rotatable bonds is 14. The van der Waals surface area contributed by atoms with Crippen LogP contribution in [-0.2, 0) is 20.9 Å². The third-order valence-corrected chi connectivity index (χ3v) is 6.16. The zero-order valence-electron chi connectivity index (χ0n) is 22.1. The van der Waals surface area contributed by atoms with E-state index in [2.05, 4.69) is 5.32 Å². The number of unbranched alkanes of at least 4 members (excludes halogenated alkanes) is 2. The zero-order chi connectivity index (χ0) is 26.5. The van der Waals surface area contributed by atoms with Gasteiger partial charge in [0, 0.05) is 38.0 Å². The SMILES string of the molecule is CCOC(=O)CCCCC[C@H](C(=O)Nc1cccc(OCc2ccccc2)c1)c1ccc(N(C)C)cc1. The topological polar surface area (TPSA) is 67.9 Å². The number of amides is 1. The van der Waals surface area contributed by atoms with E-state index in [0.717, 1.165) is 36.1 Å². The van der Waals surface area contributed by atoms with Crippen molar-refractivity contribution in [1.82, 2.24) is 0 Å². The van der Waals surface area contributed by atoms with Crippen LogP contribution in [0.1, 0.15) is 56.1 Å². The summed E-state index contributed by atoms with van der Waals surface area (Å²) in [6, 6.07) is 25.6. The number of nitrogens with one attached hydrogen (secondary N) is 1. The van der Waals surface area contributed by atoms with Crippen LogP contribution in [0.5, 0.6) is 5.75 Å². The van der Waals surface area contributed by atoms with Gasteiger partial charge >= 0.3 is 5.97 Å². The van der Waals surface area contributed by atoms with Crippen LogP contribution in [0.2, 0.25) is 0 Å². The second-order valence-electron chi connectivity index (χ2n) is 9.23. The fourth-order valence-corrected chi connectivity index (χ4v) is 4.12. The van der Waals surface area contributed by atoms with Gasteiger partial charge < -0.3 is 19.7 Å². The van der Waals surface area contributed by atoms with E-state index in [1.54, 1.807) is 0 Å². The Morgan fingerprint density at radius 1 is 0.892 bits per heavy atom. The third kappa shape index (κ3) is 9.30. The van der Waals surface area contributed by atoms with Crippen LogP contribution in [0.4, 0.5) is 11.4 Å². The summed E-state index contributed by atoms with van der Waals surface area (Å²) in [5, 5.41) is 3.09. The van der Waals surface area contributed by atoms with Gasteiger partial charge in [-0.25, -0.2) is 0 Å². The Morgan fingerprint density at radius 3 is 2.35 bits per heavy atom. The lowest BCUT2D eigenvalue weighted by Crippen LogP contribution is -2.21. The highest BCUT2D eigenvalue weighted by Crippen LogP contribution is 2.28.